The molecule has 142 valence electrons. The molecule has 1 heterocycles. The van der Waals surface area contributed by atoms with Crippen molar-refractivity contribution in [3.8, 4) is 16.9 Å². The van der Waals surface area contributed by atoms with E-state index in [4.69, 9.17) is 14.2 Å². The molecule has 0 aliphatic carbocycles. The molecule has 0 saturated carbocycles. The van der Waals surface area contributed by atoms with Gasteiger partial charge in [0.2, 0.25) is 0 Å². The van der Waals surface area contributed by atoms with Gasteiger partial charge in [0.25, 0.3) is 0 Å². The van der Waals surface area contributed by atoms with Crippen molar-refractivity contribution in [2.24, 2.45) is 0 Å². The van der Waals surface area contributed by atoms with Crippen LogP contribution in [0, 0.1) is 0 Å². The first-order valence-electron chi connectivity index (χ1n) is 9.40. The summed E-state index contributed by atoms with van der Waals surface area (Å²) in [6, 6.07) is 23.7. The molecule has 3 aromatic rings. The normalized spacial score (nSPS) is 14.1. The van der Waals surface area contributed by atoms with Crippen LogP contribution in [-0.2, 0) is 22.5 Å². The third-order valence-corrected chi connectivity index (χ3v) is 4.75. The highest BCUT2D eigenvalue weighted by molar-refractivity contribution is 5.87. The summed E-state index contributed by atoms with van der Waals surface area (Å²) in [6.45, 7) is 1.83. The van der Waals surface area contributed by atoms with Crippen molar-refractivity contribution in [1.82, 2.24) is 0 Å². The summed E-state index contributed by atoms with van der Waals surface area (Å²) in [5.74, 6) is 0.773. The maximum absolute atomic E-state index is 11.3. The molecule has 0 amide bonds. The van der Waals surface area contributed by atoms with Crippen LogP contribution in [0.2, 0.25) is 0 Å². The minimum absolute atomic E-state index is 0.126. The lowest BCUT2D eigenvalue weighted by atomic mass is 10.0. The van der Waals surface area contributed by atoms with Crippen LogP contribution < -0.4 is 4.74 Å². The monoisotopic (exact) mass is 374 g/mol. The fraction of sp³-hybridized carbons (Fsp3) is 0.208. The molecule has 1 aliphatic heterocycles. The lowest BCUT2D eigenvalue weighted by Gasteiger charge is -2.11. The molecule has 1 aliphatic rings. The Balaban J connectivity index is 1.40. The SMILES string of the molecule is O=Cc1ccccc1-c1cccc(OCc2ccc(CC3OCCO3)cc2)c1. The van der Waals surface area contributed by atoms with E-state index in [-0.39, 0.29) is 6.29 Å². The zero-order valence-electron chi connectivity index (χ0n) is 15.5. The molecule has 4 nitrogen and oxygen atoms in total. The Bertz CT molecular complexity index is 927. The molecule has 0 atom stereocenters. The Morgan fingerprint density at radius 3 is 2.43 bits per heavy atom. The first kappa shape index (κ1) is 18.4. The summed E-state index contributed by atoms with van der Waals surface area (Å²) in [6.07, 6.45) is 1.52. The first-order chi connectivity index (χ1) is 13.8. The van der Waals surface area contributed by atoms with Gasteiger partial charge in [-0.2, -0.15) is 0 Å². The van der Waals surface area contributed by atoms with Gasteiger partial charge in [0.05, 0.1) is 13.2 Å². The van der Waals surface area contributed by atoms with Crippen LogP contribution in [0.5, 0.6) is 5.75 Å². The summed E-state index contributed by atoms with van der Waals surface area (Å²) in [5.41, 5.74) is 4.82. The van der Waals surface area contributed by atoms with E-state index >= 15 is 0 Å². The lowest BCUT2D eigenvalue weighted by molar-refractivity contribution is -0.0400. The second-order valence-corrected chi connectivity index (χ2v) is 6.71. The van der Waals surface area contributed by atoms with Crippen LogP contribution in [0.4, 0.5) is 0 Å². The second kappa shape index (κ2) is 8.83. The van der Waals surface area contributed by atoms with Gasteiger partial charge in [-0.05, 0) is 34.4 Å². The number of rotatable bonds is 7. The standard InChI is InChI=1S/C24H22O4/c25-16-21-4-1-2-7-23(21)20-5-3-6-22(15-20)28-17-19-10-8-18(9-11-19)14-24-26-12-13-27-24/h1-11,15-16,24H,12-14,17H2. The number of benzene rings is 3. The van der Waals surface area contributed by atoms with E-state index in [1.54, 1.807) is 0 Å². The van der Waals surface area contributed by atoms with Crippen molar-refractivity contribution >= 4 is 6.29 Å². The van der Waals surface area contributed by atoms with Gasteiger partial charge in [0.1, 0.15) is 12.4 Å². The zero-order chi connectivity index (χ0) is 19.2. The molecule has 3 aromatic carbocycles. The smallest absolute Gasteiger partial charge is 0.161 e. The molecule has 1 fully saturated rings. The van der Waals surface area contributed by atoms with Crippen LogP contribution in [0.25, 0.3) is 11.1 Å². The van der Waals surface area contributed by atoms with Crippen LogP contribution >= 0.6 is 0 Å². The third-order valence-electron chi connectivity index (χ3n) is 4.75. The van der Waals surface area contributed by atoms with E-state index in [0.717, 1.165) is 35.1 Å². The van der Waals surface area contributed by atoms with Crippen molar-refractivity contribution in [2.75, 3.05) is 13.2 Å². The van der Waals surface area contributed by atoms with Crippen molar-refractivity contribution in [1.29, 1.82) is 0 Å². The molecule has 4 rings (SSSR count). The molecule has 4 heteroatoms. The maximum Gasteiger partial charge on any atom is 0.161 e. The highest BCUT2D eigenvalue weighted by Gasteiger charge is 2.16. The summed E-state index contributed by atoms with van der Waals surface area (Å²) in [7, 11) is 0. The van der Waals surface area contributed by atoms with E-state index in [2.05, 4.69) is 24.3 Å². The Labute approximate surface area is 164 Å². The topological polar surface area (TPSA) is 44.8 Å². The van der Waals surface area contributed by atoms with Gasteiger partial charge in [-0.1, -0.05) is 60.7 Å². The number of aldehydes is 1. The molecule has 0 radical (unpaired) electrons. The van der Waals surface area contributed by atoms with Crippen LogP contribution in [0.15, 0.2) is 72.8 Å². The number of hydrogen-bond donors (Lipinski definition) is 0. The van der Waals surface area contributed by atoms with Gasteiger partial charge in [0.15, 0.2) is 12.6 Å². The average Bonchev–Trinajstić information content (AvgIpc) is 3.26. The molecule has 1 saturated heterocycles. The van der Waals surface area contributed by atoms with E-state index in [1.807, 2.05) is 48.5 Å². The van der Waals surface area contributed by atoms with Crippen molar-refractivity contribution in [2.45, 2.75) is 19.3 Å². The fourth-order valence-corrected chi connectivity index (χ4v) is 3.27. The Hall–Kier alpha value is -2.95. The Kier molecular flexibility index (Phi) is 5.80. The van der Waals surface area contributed by atoms with Crippen molar-refractivity contribution < 1.29 is 19.0 Å². The number of ether oxygens (including phenoxy) is 3. The van der Waals surface area contributed by atoms with E-state index in [9.17, 15) is 4.79 Å². The fourth-order valence-electron chi connectivity index (χ4n) is 3.27. The Morgan fingerprint density at radius 1 is 0.893 bits per heavy atom. The minimum atomic E-state index is -0.126. The highest BCUT2D eigenvalue weighted by Crippen LogP contribution is 2.26. The molecule has 28 heavy (non-hydrogen) atoms. The van der Waals surface area contributed by atoms with Crippen molar-refractivity contribution in [3.05, 3.63) is 89.5 Å². The van der Waals surface area contributed by atoms with E-state index < -0.39 is 0 Å². The summed E-state index contributed by atoms with van der Waals surface area (Å²) >= 11 is 0. The van der Waals surface area contributed by atoms with E-state index in [0.29, 0.717) is 25.4 Å². The molecular formula is C24H22O4. The van der Waals surface area contributed by atoms with E-state index in [1.165, 1.54) is 5.56 Å². The number of carbonyl (C=O) groups is 1. The van der Waals surface area contributed by atoms with Crippen molar-refractivity contribution in [3.63, 3.8) is 0 Å². The van der Waals surface area contributed by atoms with Gasteiger partial charge >= 0.3 is 0 Å². The third kappa shape index (κ3) is 4.47. The number of hydrogen-bond acceptors (Lipinski definition) is 4. The zero-order valence-corrected chi connectivity index (χ0v) is 15.5. The Morgan fingerprint density at radius 2 is 1.64 bits per heavy atom. The molecule has 0 aromatic heterocycles. The van der Waals surface area contributed by atoms with Gasteiger partial charge in [-0.25, -0.2) is 0 Å². The lowest BCUT2D eigenvalue weighted by Crippen LogP contribution is -2.11. The van der Waals surface area contributed by atoms with Crippen LogP contribution in [-0.4, -0.2) is 25.8 Å². The second-order valence-electron chi connectivity index (χ2n) is 6.71. The van der Waals surface area contributed by atoms with Gasteiger partial charge in [-0.3, -0.25) is 4.79 Å². The molecule has 0 unspecified atom stereocenters. The number of carbonyl (C=O) groups excluding carboxylic acids is 1. The molecular weight excluding hydrogens is 352 g/mol. The predicted molar refractivity (Wildman–Crippen MR) is 107 cm³/mol. The maximum atomic E-state index is 11.3. The quantitative estimate of drug-likeness (QED) is 0.564. The highest BCUT2D eigenvalue weighted by atomic mass is 16.7. The summed E-state index contributed by atoms with van der Waals surface area (Å²) in [5, 5.41) is 0. The van der Waals surface area contributed by atoms with Gasteiger partial charge in [-0.15, -0.1) is 0 Å². The average molecular weight is 374 g/mol. The molecule has 0 spiro atoms. The summed E-state index contributed by atoms with van der Waals surface area (Å²) < 4.78 is 16.9. The summed E-state index contributed by atoms with van der Waals surface area (Å²) in [4.78, 5) is 11.3. The van der Waals surface area contributed by atoms with Gasteiger partial charge < -0.3 is 14.2 Å². The molecule has 0 N–H and O–H groups in total. The molecule has 0 bridgehead atoms. The van der Waals surface area contributed by atoms with Crippen LogP contribution in [0.3, 0.4) is 0 Å². The van der Waals surface area contributed by atoms with Gasteiger partial charge in [0, 0.05) is 12.0 Å². The largest absolute Gasteiger partial charge is 0.489 e. The predicted octanol–water partition coefficient (Wildman–Crippen LogP) is 4.66. The first-order valence-corrected chi connectivity index (χ1v) is 9.40. The minimum Gasteiger partial charge on any atom is -0.489 e. The van der Waals surface area contributed by atoms with Crippen LogP contribution in [0.1, 0.15) is 21.5 Å².